The molecular weight excluding hydrogens is 262 g/mol. The van der Waals surface area contributed by atoms with Crippen molar-refractivity contribution in [1.29, 1.82) is 0 Å². The first-order valence-electron chi connectivity index (χ1n) is 6.33. The lowest BCUT2D eigenvalue weighted by Gasteiger charge is -2.18. The van der Waals surface area contributed by atoms with Crippen LogP contribution < -0.4 is 14.9 Å². The first-order valence-corrected chi connectivity index (χ1v) is 6.33. The Morgan fingerprint density at radius 2 is 2.00 bits per heavy atom. The van der Waals surface area contributed by atoms with Crippen LogP contribution in [-0.2, 0) is 4.74 Å². The third kappa shape index (κ3) is 1.99. The largest absolute Gasteiger partial charge is 0.486 e. The van der Waals surface area contributed by atoms with Gasteiger partial charge in [0, 0.05) is 12.3 Å². The van der Waals surface area contributed by atoms with Crippen LogP contribution in [0.2, 0.25) is 0 Å². The number of rotatable bonds is 2. The van der Waals surface area contributed by atoms with Crippen LogP contribution >= 0.6 is 0 Å². The van der Waals surface area contributed by atoms with Crippen LogP contribution in [0.3, 0.4) is 0 Å². The van der Waals surface area contributed by atoms with E-state index in [9.17, 15) is 9.59 Å². The van der Waals surface area contributed by atoms with Crippen LogP contribution in [0.15, 0.2) is 23.1 Å². The zero-order valence-electron chi connectivity index (χ0n) is 10.9. The summed E-state index contributed by atoms with van der Waals surface area (Å²) in [4.78, 5) is 26.9. The minimum atomic E-state index is -0.634. The average Bonchev–Trinajstić information content (AvgIpc) is 2.46. The Kier molecular flexibility index (Phi) is 3.06. The van der Waals surface area contributed by atoms with Crippen molar-refractivity contribution in [2.24, 2.45) is 0 Å². The number of fused-ring (bicyclic) bond motifs is 2. The van der Waals surface area contributed by atoms with Gasteiger partial charge >= 0.3 is 5.97 Å². The molecule has 0 saturated carbocycles. The van der Waals surface area contributed by atoms with Gasteiger partial charge in [-0.05, 0) is 13.0 Å². The number of aromatic amines is 1. The molecule has 6 nitrogen and oxygen atoms in total. The zero-order valence-corrected chi connectivity index (χ0v) is 10.9. The van der Waals surface area contributed by atoms with E-state index in [0.29, 0.717) is 35.6 Å². The molecule has 3 rings (SSSR count). The lowest BCUT2D eigenvalue weighted by molar-refractivity contribution is 0.0524. The quantitative estimate of drug-likeness (QED) is 0.840. The van der Waals surface area contributed by atoms with Crippen LogP contribution in [0.1, 0.15) is 17.3 Å². The fraction of sp³-hybridized carbons (Fsp3) is 0.286. The number of esters is 1. The molecule has 0 fully saturated rings. The maximum atomic E-state index is 12.3. The summed E-state index contributed by atoms with van der Waals surface area (Å²) < 4.78 is 15.7. The van der Waals surface area contributed by atoms with Crippen molar-refractivity contribution >= 4 is 16.9 Å². The molecule has 0 saturated heterocycles. The summed E-state index contributed by atoms with van der Waals surface area (Å²) >= 11 is 0. The fourth-order valence-corrected chi connectivity index (χ4v) is 2.12. The highest BCUT2D eigenvalue weighted by atomic mass is 16.6. The van der Waals surface area contributed by atoms with Crippen molar-refractivity contribution in [3.05, 3.63) is 34.1 Å². The van der Waals surface area contributed by atoms with Gasteiger partial charge in [-0.15, -0.1) is 0 Å². The number of hydrogen-bond donors (Lipinski definition) is 1. The van der Waals surface area contributed by atoms with Crippen molar-refractivity contribution in [1.82, 2.24) is 4.98 Å². The van der Waals surface area contributed by atoms with Gasteiger partial charge in [0.25, 0.3) is 0 Å². The molecule has 1 N–H and O–H groups in total. The summed E-state index contributed by atoms with van der Waals surface area (Å²) in [5, 5.41) is 0.375. The summed E-state index contributed by atoms with van der Waals surface area (Å²) in [5.74, 6) is 0.462. The molecule has 1 aliphatic heterocycles. The van der Waals surface area contributed by atoms with E-state index in [1.165, 1.54) is 6.20 Å². The van der Waals surface area contributed by atoms with Crippen molar-refractivity contribution in [3.63, 3.8) is 0 Å². The minimum Gasteiger partial charge on any atom is -0.486 e. The van der Waals surface area contributed by atoms with Crippen molar-refractivity contribution in [2.75, 3.05) is 19.8 Å². The molecule has 1 aromatic heterocycles. The second kappa shape index (κ2) is 4.88. The third-order valence-electron chi connectivity index (χ3n) is 3.04. The lowest BCUT2D eigenvalue weighted by Crippen LogP contribution is -2.19. The number of pyridine rings is 1. The Bertz CT molecular complexity index is 734. The molecule has 1 aliphatic rings. The second-order valence-electron chi connectivity index (χ2n) is 4.29. The SMILES string of the molecule is CCOC(=O)c1c[nH]c2cc3c(cc2c1=O)OCCO3. The van der Waals surface area contributed by atoms with E-state index in [2.05, 4.69) is 4.98 Å². The van der Waals surface area contributed by atoms with E-state index in [-0.39, 0.29) is 17.6 Å². The molecule has 0 aliphatic carbocycles. The van der Waals surface area contributed by atoms with E-state index in [4.69, 9.17) is 14.2 Å². The first kappa shape index (κ1) is 12.5. The standard InChI is InChI=1S/C14H13NO5/c1-2-18-14(17)9-7-15-10-6-12-11(19-3-4-20-12)5-8(10)13(9)16/h5-7H,2-4H2,1H3,(H,15,16). The summed E-state index contributed by atoms with van der Waals surface area (Å²) in [6, 6.07) is 3.28. The van der Waals surface area contributed by atoms with Gasteiger partial charge in [0.2, 0.25) is 5.43 Å². The molecule has 2 heterocycles. The van der Waals surface area contributed by atoms with Crippen LogP contribution in [0, 0.1) is 0 Å². The molecule has 6 heteroatoms. The molecule has 1 aromatic carbocycles. The molecule has 20 heavy (non-hydrogen) atoms. The van der Waals surface area contributed by atoms with Crippen LogP contribution in [-0.4, -0.2) is 30.8 Å². The maximum absolute atomic E-state index is 12.3. The Morgan fingerprint density at radius 1 is 1.30 bits per heavy atom. The first-order chi connectivity index (χ1) is 9.70. The van der Waals surface area contributed by atoms with E-state index in [1.807, 2.05) is 0 Å². The molecule has 0 atom stereocenters. The van der Waals surface area contributed by atoms with Gasteiger partial charge in [-0.3, -0.25) is 4.79 Å². The van der Waals surface area contributed by atoms with Crippen molar-refractivity contribution < 1.29 is 19.0 Å². The number of hydrogen-bond acceptors (Lipinski definition) is 5. The predicted octanol–water partition coefficient (Wildman–Crippen LogP) is 1.48. The van der Waals surface area contributed by atoms with Gasteiger partial charge < -0.3 is 19.2 Å². The van der Waals surface area contributed by atoms with E-state index in [0.717, 1.165) is 0 Å². The van der Waals surface area contributed by atoms with Crippen LogP contribution in [0.4, 0.5) is 0 Å². The number of benzene rings is 1. The highest BCUT2D eigenvalue weighted by Crippen LogP contribution is 2.32. The van der Waals surface area contributed by atoms with E-state index < -0.39 is 5.97 Å². The Labute approximate surface area is 114 Å². The Balaban J connectivity index is 2.17. The molecule has 0 radical (unpaired) electrons. The van der Waals surface area contributed by atoms with Crippen LogP contribution in [0.25, 0.3) is 10.9 Å². The highest BCUT2D eigenvalue weighted by molar-refractivity contribution is 5.94. The zero-order chi connectivity index (χ0) is 14.1. The molecule has 0 unspecified atom stereocenters. The second-order valence-corrected chi connectivity index (χ2v) is 4.29. The van der Waals surface area contributed by atoms with Gasteiger partial charge in [0.1, 0.15) is 18.8 Å². The smallest absolute Gasteiger partial charge is 0.343 e. The predicted molar refractivity (Wildman–Crippen MR) is 71.5 cm³/mol. The number of ether oxygens (including phenoxy) is 3. The molecular formula is C14H13NO5. The van der Waals surface area contributed by atoms with Gasteiger partial charge in [-0.1, -0.05) is 0 Å². The minimum absolute atomic E-state index is 0.0176. The molecule has 0 spiro atoms. The molecule has 0 bridgehead atoms. The van der Waals surface area contributed by atoms with Gasteiger partial charge in [0.05, 0.1) is 17.5 Å². The number of aromatic nitrogens is 1. The number of nitrogens with one attached hydrogen (secondary N) is 1. The van der Waals surface area contributed by atoms with Crippen molar-refractivity contribution in [3.8, 4) is 11.5 Å². The topological polar surface area (TPSA) is 77.6 Å². The van der Waals surface area contributed by atoms with E-state index in [1.54, 1.807) is 19.1 Å². The van der Waals surface area contributed by atoms with Gasteiger partial charge in [0.15, 0.2) is 11.5 Å². The fourth-order valence-electron chi connectivity index (χ4n) is 2.12. The van der Waals surface area contributed by atoms with Crippen LogP contribution in [0.5, 0.6) is 11.5 Å². The normalized spacial score (nSPS) is 13.2. The summed E-state index contributed by atoms with van der Waals surface area (Å²) in [7, 11) is 0. The number of H-pyrrole nitrogens is 1. The average molecular weight is 275 g/mol. The Morgan fingerprint density at radius 3 is 2.70 bits per heavy atom. The molecule has 0 amide bonds. The summed E-state index contributed by atoms with van der Waals surface area (Å²) in [6.45, 7) is 2.82. The van der Waals surface area contributed by atoms with Crippen molar-refractivity contribution in [2.45, 2.75) is 6.92 Å². The van der Waals surface area contributed by atoms with Gasteiger partial charge in [-0.2, -0.15) is 0 Å². The number of carbonyl (C=O) groups is 1. The summed E-state index contributed by atoms with van der Waals surface area (Å²) in [6.07, 6.45) is 1.36. The summed E-state index contributed by atoms with van der Waals surface area (Å²) in [5.41, 5.74) is 0.192. The third-order valence-corrected chi connectivity index (χ3v) is 3.04. The Hall–Kier alpha value is -2.50. The monoisotopic (exact) mass is 275 g/mol. The molecule has 2 aromatic rings. The highest BCUT2D eigenvalue weighted by Gasteiger charge is 2.18. The maximum Gasteiger partial charge on any atom is 0.343 e. The lowest BCUT2D eigenvalue weighted by atomic mass is 10.1. The van der Waals surface area contributed by atoms with E-state index >= 15 is 0 Å². The van der Waals surface area contributed by atoms with Gasteiger partial charge in [-0.25, -0.2) is 4.79 Å². The number of carbonyl (C=O) groups excluding carboxylic acids is 1. The molecule has 104 valence electrons.